The molecule has 0 saturated carbocycles. The number of carbonyl (C=O) groups excluding carboxylic acids is 1. The predicted molar refractivity (Wildman–Crippen MR) is 87.3 cm³/mol. The second-order valence-corrected chi connectivity index (χ2v) is 6.17. The number of halogens is 3. The number of nitriles is 2. The number of benzene rings is 1. The summed E-state index contributed by atoms with van der Waals surface area (Å²) >= 11 is 0.713. The van der Waals surface area contributed by atoms with Gasteiger partial charge in [-0.25, -0.2) is 9.78 Å². The third-order valence-electron chi connectivity index (χ3n) is 3.31. The van der Waals surface area contributed by atoms with Crippen molar-refractivity contribution >= 4 is 17.9 Å². The van der Waals surface area contributed by atoms with Crippen molar-refractivity contribution in [3.63, 3.8) is 0 Å². The Kier molecular flexibility index (Phi) is 5.98. The van der Waals surface area contributed by atoms with Crippen LogP contribution in [0, 0.1) is 22.7 Å². The molecule has 0 atom stereocenters. The molecule has 0 radical (unpaired) electrons. The average Bonchev–Trinajstić information content (AvgIpc) is 2.97. The molecule has 0 spiro atoms. The van der Waals surface area contributed by atoms with E-state index in [1.165, 1.54) is 22.8 Å². The first-order chi connectivity index (χ1) is 12.7. The van der Waals surface area contributed by atoms with E-state index in [0.717, 1.165) is 0 Å². The average molecular weight is 395 g/mol. The third kappa shape index (κ3) is 4.71. The molecule has 140 valence electrons. The number of rotatable bonds is 5. The van der Waals surface area contributed by atoms with Crippen molar-refractivity contribution in [1.29, 1.82) is 10.5 Å². The number of nitrogens with zero attached hydrogens (tertiary/aromatic N) is 4. The van der Waals surface area contributed by atoms with Crippen molar-refractivity contribution in [1.82, 2.24) is 9.55 Å². The highest BCUT2D eigenvalue weighted by atomic mass is 32.2. The number of amides is 1. The van der Waals surface area contributed by atoms with Gasteiger partial charge in [0.25, 0.3) is 0 Å². The lowest BCUT2D eigenvalue weighted by molar-refractivity contribution is -0.143. The largest absolute Gasteiger partial charge is 0.442 e. The molecule has 1 heterocycles. The van der Waals surface area contributed by atoms with E-state index in [1.807, 2.05) is 12.1 Å². The first-order valence-corrected chi connectivity index (χ1v) is 8.23. The van der Waals surface area contributed by atoms with Crippen molar-refractivity contribution in [3.8, 4) is 12.1 Å². The summed E-state index contributed by atoms with van der Waals surface area (Å²) < 4.78 is 46.1. The van der Waals surface area contributed by atoms with Gasteiger partial charge in [-0.05, 0) is 25.1 Å². The molecule has 2 aromatic rings. The Morgan fingerprint density at radius 3 is 2.33 bits per heavy atom. The maximum Gasteiger partial charge on any atom is 0.436 e. The summed E-state index contributed by atoms with van der Waals surface area (Å²) in [5, 5.41) is 17.8. The van der Waals surface area contributed by atoms with Crippen LogP contribution >= 0.6 is 11.8 Å². The van der Waals surface area contributed by atoms with E-state index in [1.54, 1.807) is 6.92 Å². The van der Waals surface area contributed by atoms with Gasteiger partial charge in [-0.1, -0.05) is 11.8 Å². The van der Waals surface area contributed by atoms with Crippen LogP contribution in [-0.2, 0) is 24.1 Å². The number of alkyl halides is 3. The van der Waals surface area contributed by atoms with E-state index in [2.05, 4.69) is 9.72 Å². The second-order valence-electron chi connectivity index (χ2n) is 5.10. The van der Waals surface area contributed by atoms with Gasteiger partial charge in [-0.15, -0.1) is 0 Å². The number of imidazole rings is 1. The van der Waals surface area contributed by atoms with Crippen molar-refractivity contribution in [2.45, 2.75) is 36.2 Å². The van der Waals surface area contributed by atoms with E-state index < -0.39 is 24.6 Å². The number of primary amides is 1. The minimum atomic E-state index is -4.75. The Bertz CT molecular complexity index is 924. The molecule has 11 heteroatoms. The fourth-order valence-corrected chi connectivity index (χ4v) is 3.44. The zero-order valence-electron chi connectivity index (χ0n) is 13.9. The molecule has 0 aliphatic carbocycles. The molecule has 0 unspecified atom stereocenters. The van der Waals surface area contributed by atoms with Crippen molar-refractivity contribution in [2.75, 3.05) is 0 Å². The van der Waals surface area contributed by atoms with Crippen LogP contribution in [-0.4, -0.2) is 15.6 Å². The number of aromatic nitrogens is 2. The Balaban J connectivity index is 2.56. The lowest BCUT2D eigenvalue weighted by Crippen LogP contribution is -2.15. The van der Waals surface area contributed by atoms with Crippen molar-refractivity contribution < 1.29 is 22.7 Å². The molecule has 0 bridgehead atoms. The van der Waals surface area contributed by atoms with Crippen LogP contribution in [0.3, 0.4) is 0 Å². The van der Waals surface area contributed by atoms with Gasteiger partial charge < -0.3 is 15.0 Å². The van der Waals surface area contributed by atoms with E-state index in [9.17, 15) is 18.0 Å². The maximum absolute atomic E-state index is 13.4. The highest BCUT2D eigenvalue weighted by molar-refractivity contribution is 7.99. The molecule has 2 N–H and O–H groups in total. The monoisotopic (exact) mass is 395 g/mol. The van der Waals surface area contributed by atoms with E-state index in [0.29, 0.717) is 11.8 Å². The Morgan fingerprint density at radius 1 is 1.30 bits per heavy atom. The maximum atomic E-state index is 13.4. The van der Waals surface area contributed by atoms with Crippen molar-refractivity contribution in [2.24, 2.45) is 5.73 Å². The molecule has 1 aromatic carbocycles. The second kappa shape index (κ2) is 8.01. The summed E-state index contributed by atoms with van der Waals surface area (Å²) in [5.74, 6) is -0.122. The molecule has 1 amide bonds. The van der Waals surface area contributed by atoms with Gasteiger partial charge in [-0.3, -0.25) is 0 Å². The highest BCUT2D eigenvalue weighted by Gasteiger charge is 2.39. The Hall–Kier alpha value is -3.18. The number of nitrogens with two attached hydrogens (primary N) is 1. The van der Waals surface area contributed by atoms with Crippen LogP contribution in [0.5, 0.6) is 0 Å². The van der Waals surface area contributed by atoms with Gasteiger partial charge in [0, 0.05) is 11.4 Å². The summed E-state index contributed by atoms with van der Waals surface area (Å²) in [6, 6.07) is 7.80. The lowest BCUT2D eigenvalue weighted by atomic mass is 10.1. The van der Waals surface area contributed by atoms with Crippen molar-refractivity contribution in [3.05, 3.63) is 40.8 Å². The minimum absolute atomic E-state index is 0.117. The number of ether oxygens (including phenoxy) is 1. The summed E-state index contributed by atoms with van der Waals surface area (Å²) in [4.78, 5) is 14.6. The first kappa shape index (κ1) is 20.1. The quantitative estimate of drug-likeness (QED) is 0.829. The number of hydrogen-bond donors (Lipinski definition) is 1. The topological polar surface area (TPSA) is 118 Å². The van der Waals surface area contributed by atoms with Crippen LogP contribution in [0.1, 0.15) is 29.6 Å². The summed E-state index contributed by atoms with van der Waals surface area (Å²) in [6.45, 7) is 1.20. The van der Waals surface area contributed by atoms with Gasteiger partial charge in [-0.2, -0.15) is 23.7 Å². The van der Waals surface area contributed by atoms with Crippen LogP contribution in [0.2, 0.25) is 0 Å². The fraction of sp³-hybridized carbons (Fsp3) is 0.250. The van der Waals surface area contributed by atoms with Gasteiger partial charge >= 0.3 is 12.3 Å². The third-order valence-corrected chi connectivity index (χ3v) is 4.39. The number of carbonyl (C=O) groups is 1. The van der Waals surface area contributed by atoms with Crippen LogP contribution in [0.25, 0.3) is 0 Å². The van der Waals surface area contributed by atoms with Gasteiger partial charge in [0.05, 0.1) is 23.3 Å². The van der Waals surface area contributed by atoms with E-state index in [4.69, 9.17) is 16.3 Å². The summed E-state index contributed by atoms with van der Waals surface area (Å²) in [5.41, 5.74) is 4.00. The smallest absolute Gasteiger partial charge is 0.436 e. The minimum Gasteiger partial charge on any atom is -0.442 e. The summed E-state index contributed by atoms with van der Waals surface area (Å²) in [6.07, 6.45) is -5.89. The van der Waals surface area contributed by atoms with Gasteiger partial charge in [0.15, 0.2) is 12.3 Å². The van der Waals surface area contributed by atoms with E-state index in [-0.39, 0.29) is 33.4 Å². The van der Waals surface area contributed by atoms with Crippen LogP contribution in [0.4, 0.5) is 18.0 Å². The SMILES string of the molecule is CCn1c(COC(N)=O)nc(C(F)(F)F)c1Sc1cc(C#N)cc(C#N)c1. The molecule has 1 aromatic heterocycles. The molecule has 27 heavy (non-hydrogen) atoms. The summed E-state index contributed by atoms with van der Waals surface area (Å²) in [7, 11) is 0. The molecule has 2 rings (SSSR count). The number of hydrogen-bond acceptors (Lipinski definition) is 6. The normalized spacial score (nSPS) is 10.9. The molecule has 0 aliphatic heterocycles. The van der Waals surface area contributed by atoms with Gasteiger partial charge in [0.2, 0.25) is 0 Å². The van der Waals surface area contributed by atoms with E-state index >= 15 is 0 Å². The highest BCUT2D eigenvalue weighted by Crippen LogP contribution is 2.40. The Morgan fingerprint density at radius 2 is 1.89 bits per heavy atom. The van der Waals surface area contributed by atoms with Crippen LogP contribution in [0.15, 0.2) is 28.1 Å². The zero-order chi connectivity index (χ0) is 20.2. The molecular formula is C16H12F3N5O2S. The fourth-order valence-electron chi connectivity index (χ4n) is 2.24. The molecule has 0 saturated heterocycles. The van der Waals surface area contributed by atoms with Gasteiger partial charge in [0.1, 0.15) is 10.9 Å². The molecule has 7 nitrogen and oxygen atoms in total. The molecule has 0 aliphatic rings. The zero-order valence-corrected chi connectivity index (χ0v) is 14.7. The lowest BCUT2D eigenvalue weighted by Gasteiger charge is -2.11. The van der Waals surface area contributed by atoms with Crippen LogP contribution < -0.4 is 5.73 Å². The first-order valence-electron chi connectivity index (χ1n) is 7.41. The molecule has 0 fully saturated rings. The molecular weight excluding hydrogens is 383 g/mol. The Labute approximate surface area is 156 Å². The standard InChI is InChI=1S/C16H12F3N5O2S/c1-2-24-12(8-26-15(22)25)23-13(16(17,18)19)14(24)27-11-4-9(6-20)3-10(5-11)7-21/h3-5H,2,8H2,1H3,(H2,22,25). The predicted octanol–water partition coefficient (Wildman–Crippen LogP) is 3.41.